The third-order valence-corrected chi connectivity index (χ3v) is 2.60. The Morgan fingerprint density at radius 2 is 2.25 bits per heavy atom. The molecule has 0 saturated heterocycles. The fourth-order valence-electron chi connectivity index (χ4n) is 1.56. The van der Waals surface area contributed by atoms with E-state index < -0.39 is 22.8 Å². The highest BCUT2D eigenvalue weighted by Crippen LogP contribution is 2.20. The molecule has 9 heteroatoms. The maximum Gasteiger partial charge on any atom is 0.305 e. The number of aromatic nitrogens is 1. The Hall–Kier alpha value is -2.71. The van der Waals surface area contributed by atoms with Crippen LogP contribution in [-0.4, -0.2) is 32.9 Å². The Bertz CT molecular complexity index is 546. The molecule has 0 aliphatic rings. The summed E-state index contributed by atoms with van der Waals surface area (Å²) < 4.78 is 0. The highest BCUT2D eigenvalue weighted by Gasteiger charge is 2.19. The van der Waals surface area contributed by atoms with E-state index in [1.165, 1.54) is 0 Å². The number of amides is 1. The van der Waals surface area contributed by atoms with Crippen molar-refractivity contribution in [2.75, 3.05) is 5.32 Å². The van der Waals surface area contributed by atoms with Crippen LogP contribution in [-0.2, 0) is 4.79 Å². The van der Waals surface area contributed by atoms with Gasteiger partial charge in [0, 0.05) is 12.1 Å². The molecule has 20 heavy (non-hydrogen) atoms. The van der Waals surface area contributed by atoms with Crippen LogP contribution in [0, 0.1) is 10.1 Å². The smallest absolute Gasteiger partial charge is 0.305 e. The number of hydrogen-bond acceptors (Lipinski definition) is 6. The Morgan fingerprint density at radius 3 is 2.70 bits per heavy atom. The second kappa shape index (κ2) is 6.45. The van der Waals surface area contributed by atoms with Crippen molar-refractivity contribution in [1.82, 2.24) is 4.98 Å². The molecule has 0 fully saturated rings. The summed E-state index contributed by atoms with van der Waals surface area (Å²) in [6, 6.07) is 0.546. The quantitative estimate of drug-likeness (QED) is 0.493. The summed E-state index contributed by atoms with van der Waals surface area (Å²) in [5.74, 6) is -1.85. The van der Waals surface area contributed by atoms with E-state index in [1.807, 2.05) is 0 Å². The van der Waals surface area contributed by atoms with E-state index >= 15 is 0 Å². The second-order valence-corrected chi connectivity index (χ2v) is 4.06. The summed E-state index contributed by atoms with van der Waals surface area (Å²) in [5.41, 5.74) is 4.63. The van der Waals surface area contributed by atoms with Gasteiger partial charge < -0.3 is 16.2 Å². The summed E-state index contributed by atoms with van der Waals surface area (Å²) in [7, 11) is 0. The van der Waals surface area contributed by atoms with Crippen LogP contribution in [0.2, 0.25) is 0 Å². The van der Waals surface area contributed by atoms with Gasteiger partial charge in [0.2, 0.25) is 0 Å². The van der Waals surface area contributed by atoms with E-state index in [2.05, 4.69) is 10.3 Å². The van der Waals surface area contributed by atoms with Crippen LogP contribution in [0.1, 0.15) is 30.1 Å². The molecular formula is C11H14N4O5. The van der Waals surface area contributed by atoms with E-state index in [0.717, 1.165) is 12.3 Å². The van der Waals surface area contributed by atoms with Gasteiger partial charge >= 0.3 is 5.97 Å². The summed E-state index contributed by atoms with van der Waals surface area (Å²) in [6.45, 7) is 1.76. The molecule has 1 amide bonds. The monoisotopic (exact) mass is 282 g/mol. The molecule has 0 bridgehead atoms. The topological polar surface area (TPSA) is 148 Å². The second-order valence-electron chi connectivity index (χ2n) is 4.06. The minimum absolute atomic E-state index is 0.0381. The molecule has 9 nitrogen and oxygen atoms in total. The van der Waals surface area contributed by atoms with Crippen molar-refractivity contribution in [2.24, 2.45) is 5.73 Å². The third kappa shape index (κ3) is 3.90. The normalized spacial score (nSPS) is 11.7. The zero-order valence-electron chi connectivity index (χ0n) is 10.7. The fourth-order valence-corrected chi connectivity index (χ4v) is 1.56. The molecule has 0 aliphatic heterocycles. The van der Waals surface area contributed by atoms with E-state index in [9.17, 15) is 19.7 Å². The zero-order valence-corrected chi connectivity index (χ0v) is 10.7. The first kappa shape index (κ1) is 15.3. The number of pyridine rings is 1. The molecule has 1 rings (SSSR count). The molecule has 1 aromatic rings. The van der Waals surface area contributed by atoms with Crippen molar-refractivity contribution in [1.29, 1.82) is 0 Å². The molecule has 1 heterocycles. The molecule has 0 radical (unpaired) electrons. The predicted octanol–water partition coefficient (Wildman–Crippen LogP) is 0.754. The largest absolute Gasteiger partial charge is 0.481 e. The molecule has 4 N–H and O–H groups in total. The average Bonchev–Trinajstić information content (AvgIpc) is 2.37. The molecule has 0 spiro atoms. The number of carboxylic acid groups (broad SMARTS) is 1. The lowest BCUT2D eigenvalue weighted by Gasteiger charge is -2.16. The minimum Gasteiger partial charge on any atom is -0.481 e. The molecule has 0 aromatic carbocycles. The van der Waals surface area contributed by atoms with Crippen LogP contribution >= 0.6 is 0 Å². The summed E-state index contributed by atoms with van der Waals surface area (Å²) >= 11 is 0. The maximum atomic E-state index is 11.3. The number of rotatable bonds is 7. The Balaban J connectivity index is 3.07. The lowest BCUT2D eigenvalue weighted by atomic mass is 10.1. The van der Waals surface area contributed by atoms with Gasteiger partial charge in [-0.15, -0.1) is 0 Å². The highest BCUT2D eigenvalue weighted by atomic mass is 16.6. The maximum absolute atomic E-state index is 11.3. The lowest BCUT2D eigenvalue weighted by molar-refractivity contribution is -0.385. The van der Waals surface area contributed by atoms with Gasteiger partial charge in [0.15, 0.2) is 0 Å². The van der Waals surface area contributed by atoms with Gasteiger partial charge in [-0.1, -0.05) is 6.92 Å². The van der Waals surface area contributed by atoms with Crippen molar-refractivity contribution in [3.63, 3.8) is 0 Å². The van der Waals surface area contributed by atoms with Gasteiger partial charge in [0.25, 0.3) is 11.6 Å². The highest BCUT2D eigenvalue weighted by molar-refractivity contribution is 5.98. The van der Waals surface area contributed by atoms with Gasteiger partial charge in [-0.25, -0.2) is 4.98 Å². The predicted molar refractivity (Wildman–Crippen MR) is 69.4 cm³/mol. The van der Waals surface area contributed by atoms with Crippen LogP contribution in [0.5, 0.6) is 0 Å². The van der Waals surface area contributed by atoms with Crippen LogP contribution in [0.4, 0.5) is 11.5 Å². The van der Waals surface area contributed by atoms with Crippen molar-refractivity contribution >= 4 is 23.4 Å². The fraction of sp³-hybridized carbons (Fsp3) is 0.364. The number of aliphatic carboxylic acids is 1. The number of nitrogens with two attached hydrogens (primary N) is 1. The number of nitrogens with one attached hydrogen (secondary N) is 1. The average molecular weight is 282 g/mol. The number of carbonyl (C=O) groups is 2. The van der Waals surface area contributed by atoms with Gasteiger partial charge in [-0.2, -0.15) is 0 Å². The number of nitrogens with zero attached hydrogens (tertiary/aromatic N) is 2. The lowest BCUT2D eigenvalue weighted by Crippen LogP contribution is -2.25. The third-order valence-electron chi connectivity index (χ3n) is 2.60. The molecule has 1 aromatic heterocycles. The van der Waals surface area contributed by atoms with Crippen molar-refractivity contribution in [2.45, 2.75) is 25.8 Å². The Kier molecular flexibility index (Phi) is 4.95. The number of carbonyl (C=O) groups excluding carboxylic acids is 1. The van der Waals surface area contributed by atoms with Gasteiger partial charge in [0.1, 0.15) is 12.0 Å². The zero-order chi connectivity index (χ0) is 15.3. The Labute approximate surface area is 114 Å². The van der Waals surface area contributed by atoms with Gasteiger partial charge in [0.05, 0.1) is 16.9 Å². The molecule has 0 aliphatic carbocycles. The first-order valence-corrected chi connectivity index (χ1v) is 5.77. The van der Waals surface area contributed by atoms with Crippen LogP contribution in [0.15, 0.2) is 12.3 Å². The number of primary amides is 1. The first-order valence-electron chi connectivity index (χ1n) is 5.77. The van der Waals surface area contributed by atoms with Crippen LogP contribution in [0.25, 0.3) is 0 Å². The number of nitro groups is 1. The number of hydrogen-bond donors (Lipinski definition) is 3. The number of anilines is 1. The van der Waals surface area contributed by atoms with Gasteiger partial charge in [-0.3, -0.25) is 19.7 Å². The summed E-state index contributed by atoms with van der Waals surface area (Å²) in [6.07, 6.45) is 1.28. The Morgan fingerprint density at radius 1 is 1.60 bits per heavy atom. The molecule has 108 valence electrons. The van der Waals surface area contributed by atoms with E-state index in [0.29, 0.717) is 6.42 Å². The van der Waals surface area contributed by atoms with E-state index in [4.69, 9.17) is 10.8 Å². The minimum atomic E-state index is -1.01. The van der Waals surface area contributed by atoms with Gasteiger partial charge in [-0.05, 0) is 6.42 Å². The molecular weight excluding hydrogens is 268 g/mol. The van der Waals surface area contributed by atoms with E-state index in [-0.39, 0.29) is 23.5 Å². The molecule has 1 unspecified atom stereocenters. The summed E-state index contributed by atoms with van der Waals surface area (Å²) in [4.78, 5) is 35.7. The van der Waals surface area contributed by atoms with Crippen molar-refractivity contribution in [3.8, 4) is 0 Å². The number of carboxylic acids is 1. The van der Waals surface area contributed by atoms with E-state index in [1.54, 1.807) is 6.92 Å². The standard InChI is InChI=1S/C11H14N4O5/c1-2-6(3-9(16)17)14-11-8(10(12)18)4-7(5-13-11)15(19)20/h4-6H,2-3H2,1H3,(H2,12,18)(H,13,14)(H,16,17). The molecule has 1 atom stereocenters. The van der Waals surface area contributed by atoms with Crippen LogP contribution in [0.3, 0.4) is 0 Å². The summed E-state index contributed by atoms with van der Waals surface area (Å²) in [5, 5.41) is 22.1. The van der Waals surface area contributed by atoms with Crippen LogP contribution < -0.4 is 11.1 Å². The van der Waals surface area contributed by atoms with Crippen molar-refractivity contribution in [3.05, 3.63) is 27.9 Å². The first-order chi connectivity index (χ1) is 9.35. The van der Waals surface area contributed by atoms with Crippen molar-refractivity contribution < 1.29 is 19.6 Å². The SMILES string of the molecule is CCC(CC(=O)O)Nc1ncc([N+](=O)[O-])cc1C(N)=O. The molecule has 0 saturated carbocycles.